The van der Waals surface area contributed by atoms with Crippen molar-refractivity contribution in [1.29, 1.82) is 0 Å². The van der Waals surface area contributed by atoms with E-state index in [2.05, 4.69) is 17.1 Å². The van der Waals surface area contributed by atoms with Gasteiger partial charge in [-0.05, 0) is 56.7 Å². The summed E-state index contributed by atoms with van der Waals surface area (Å²) in [5.74, 6) is 0.0576. The molecule has 0 spiro atoms. The first-order valence-corrected chi connectivity index (χ1v) is 9.69. The van der Waals surface area contributed by atoms with Crippen LogP contribution in [0.15, 0.2) is 30.3 Å². The molecule has 1 amide bonds. The van der Waals surface area contributed by atoms with E-state index in [-0.39, 0.29) is 17.8 Å². The van der Waals surface area contributed by atoms with E-state index < -0.39 is 0 Å². The summed E-state index contributed by atoms with van der Waals surface area (Å²) in [6.45, 7) is 7.20. The minimum Gasteiger partial charge on any atom is -0.461 e. The molecule has 0 saturated heterocycles. The minimum absolute atomic E-state index is 0.171. The zero-order valence-corrected chi connectivity index (χ0v) is 16.4. The number of benzene rings is 1. The van der Waals surface area contributed by atoms with Crippen LogP contribution in [0.2, 0.25) is 0 Å². The average Bonchev–Trinajstić information content (AvgIpc) is 3.47. The number of ether oxygens (including phenoxy) is 1. The predicted molar refractivity (Wildman–Crippen MR) is 105 cm³/mol. The fourth-order valence-electron chi connectivity index (χ4n) is 3.39. The fourth-order valence-corrected chi connectivity index (χ4v) is 3.39. The zero-order chi connectivity index (χ0) is 19.4. The summed E-state index contributed by atoms with van der Waals surface area (Å²) in [6.07, 6.45) is 2.80. The SMILES string of the molecule is CCOC(=O)c1[nH]c(C)c(CN(CCc2ccccc2)C(=O)C2CC2)c1C. The van der Waals surface area contributed by atoms with Crippen molar-refractivity contribution in [2.24, 2.45) is 5.92 Å². The number of nitrogens with one attached hydrogen (secondary N) is 1. The van der Waals surface area contributed by atoms with E-state index in [4.69, 9.17) is 4.74 Å². The lowest BCUT2D eigenvalue weighted by molar-refractivity contribution is -0.133. The van der Waals surface area contributed by atoms with Gasteiger partial charge in [-0.25, -0.2) is 4.79 Å². The lowest BCUT2D eigenvalue weighted by Crippen LogP contribution is -2.34. The summed E-state index contributed by atoms with van der Waals surface area (Å²) < 4.78 is 5.13. The van der Waals surface area contributed by atoms with Gasteiger partial charge in [0.1, 0.15) is 5.69 Å². The third-order valence-electron chi connectivity index (χ3n) is 5.17. The van der Waals surface area contributed by atoms with E-state index >= 15 is 0 Å². The van der Waals surface area contributed by atoms with Crippen LogP contribution in [0.25, 0.3) is 0 Å². The van der Waals surface area contributed by atoms with E-state index in [1.807, 2.05) is 36.9 Å². The second-order valence-corrected chi connectivity index (χ2v) is 7.22. The molecule has 1 aliphatic carbocycles. The molecule has 1 aromatic heterocycles. The van der Waals surface area contributed by atoms with Crippen molar-refractivity contribution in [3.05, 3.63) is 58.4 Å². The van der Waals surface area contributed by atoms with E-state index in [0.29, 0.717) is 25.4 Å². The predicted octanol–water partition coefficient (Wildman–Crippen LogP) is 3.79. The van der Waals surface area contributed by atoms with Crippen LogP contribution in [0.3, 0.4) is 0 Å². The quantitative estimate of drug-likeness (QED) is 0.721. The van der Waals surface area contributed by atoms with Crippen LogP contribution in [-0.4, -0.2) is 34.9 Å². The fraction of sp³-hybridized carbons (Fsp3) is 0.455. The van der Waals surface area contributed by atoms with Crippen LogP contribution in [0.4, 0.5) is 0 Å². The highest BCUT2D eigenvalue weighted by atomic mass is 16.5. The molecule has 1 N–H and O–H groups in total. The number of carbonyl (C=O) groups excluding carboxylic acids is 2. The number of hydrogen-bond donors (Lipinski definition) is 1. The highest BCUT2D eigenvalue weighted by molar-refractivity contribution is 5.90. The molecule has 1 aliphatic rings. The molecule has 0 atom stereocenters. The van der Waals surface area contributed by atoms with Crippen molar-refractivity contribution >= 4 is 11.9 Å². The first-order chi connectivity index (χ1) is 13.0. The number of H-pyrrole nitrogens is 1. The van der Waals surface area contributed by atoms with Gasteiger partial charge in [-0.3, -0.25) is 4.79 Å². The average molecular weight is 368 g/mol. The first-order valence-electron chi connectivity index (χ1n) is 9.69. The molecular weight excluding hydrogens is 340 g/mol. The standard InChI is InChI=1S/C22H28N2O3/c1-4-27-22(26)20-15(2)19(16(3)23-20)14-24(21(25)18-10-11-18)13-12-17-8-6-5-7-9-17/h5-9,18,23H,4,10-14H2,1-3H3. The van der Waals surface area contributed by atoms with E-state index in [1.165, 1.54) is 5.56 Å². The lowest BCUT2D eigenvalue weighted by atomic mass is 10.1. The highest BCUT2D eigenvalue weighted by Crippen LogP contribution is 2.32. The Kier molecular flexibility index (Phi) is 5.99. The van der Waals surface area contributed by atoms with Crippen LogP contribution in [0.1, 0.15) is 52.6 Å². The number of nitrogens with zero attached hydrogens (tertiary/aromatic N) is 1. The number of amides is 1. The van der Waals surface area contributed by atoms with Gasteiger partial charge in [0.25, 0.3) is 0 Å². The van der Waals surface area contributed by atoms with Crippen LogP contribution in [0.5, 0.6) is 0 Å². The number of esters is 1. The Morgan fingerprint density at radius 3 is 2.52 bits per heavy atom. The van der Waals surface area contributed by atoms with Crippen LogP contribution >= 0.6 is 0 Å². The molecule has 1 fully saturated rings. The first kappa shape index (κ1) is 19.2. The van der Waals surface area contributed by atoms with Crippen LogP contribution in [-0.2, 0) is 22.5 Å². The Hall–Kier alpha value is -2.56. The van der Waals surface area contributed by atoms with Gasteiger partial charge < -0.3 is 14.6 Å². The number of carbonyl (C=O) groups is 2. The zero-order valence-electron chi connectivity index (χ0n) is 16.4. The van der Waals surface area contributed by atoms with Gasteiger partial charge in [0.15, 0.2) is 0 Å². The number of aromatic nitrogens is 1. The summed E-state index contributed by atoms with van der Waals surface area (Å²) in [5.41, 5.74) is 4.52. The molecule has 1 heterocycles. The number of rotatable bonds is 8. The van der Waals surface area contributed by atoms with Gasteiger partial charge in [0, 0.05) is 24.7 Å². The molecule has 0 unspecified atom stereocenters. The van der Waals surface area contributed by atoms with Gasteiger partial charge in [-0.15, -0.1) is 0 Å². The molecule has 1 aromatic carbocycles. The molecule has 2 aromatic rings. The van der Waals surface area contributed by atoms with Gasteiger partial charge in [0.05, 0.1) is 6.61 Å². The van der Waals surface area contributed by atoms with Crippen molar-refractivity contribution < 1.29 is 14.3 Å². The van der Waals surface area contributed by atoms with Crippen molar-refractivity contribution in [3.63, 3.8) is 0 Å². The maximum Gasteiger partial charge on any atom is 0.355 e. The molecule has 0 bridgehead atoms. The Morgan fingerprint density at radius 1 is 1.19 bits per heavy atom. The van der Waals surface area contributed by atoms with Gasteiger partial charge in [-0.1, -0.05) is 30.3 Å². The summed E-state index contributed by atoms with van der Waals surface area (Å²) in [6, 6.07) is 10.2. The summed E-state index contributed by atoms with van der Waals surface area (Å²) in [4.78, 5) is 30.1. The largest absolute Gasteiger partial charge is 0.461 e. The van der Waals surface area contributed by atoms with Crippen molar-refractivity contribution in [2.45, 2.75) is 46.6 Å². The van der Waals surface area contributed by atoms with Crippen molar-refractivity contribution in [2.75, 3.05) is 13.2 Å². The highest BCUT2D eigenvalue weighted by Gasteiger charge is 2.34. The topological polar surface area (TPSA) is 62.4 Å². The van der Waals surface area contributed by atoms with Crippen molar-refractivity contribution in [1.82, 2.24) is 9.88 Å². The lowest BCUT2D eigenvalue weighted by Gasteiger charge is -2.23. The van der Waals surface area contributed by atoms with E-state index in [9.17, 15) is 9.59 Å². The normalized spacial score (nSPS) is 13.4. The third kappa shape index (κ3) is 4.59. The molecule has 1 saturated carbocycles. The molecule has 3 rings (SSSR count). The van der Waals surface area contributed by atoms with E-state index in [0.717, 1.165) is 36.1 Å². The Morgan fingerprint density at radius 2 is 1.89 bits per heavy atom. The van der Waals surface area contributed by atoms with Gasteiger partial charge >= 0.3 is 5.97 Å². The van der Waals surface area contributed by atoms with Gasteiger partial charge in [0.2, 0.25) is 5.91 Å². The van der Waals surface area contributed by atoms with Gasteiger partial charge in [-0.2, -0.15) is 0 Å². The monoisotopic (exact) mass is 368 g/mol. The Labute approximate surface area is 160 Å². The van der Waals surface area contributed by atoms with Crippen LogP contribution < -0.4 is 0 Å². The minimum atomic E-state index is -0.339. The molecular formula is C22H28N2O3. The maximum absolute atomic E-state index is 12.8. The second-order valence-electron chi connectivity index (χ2n) is 7.22. The second kappa shape index (κ2) is 8.42. The summed E-state index contributed by atoms with van der Waals surface area (Å²) >= 11 is 0. The number of hydrogen-bond acceptors (Lipinski definition) is 3. The van der Waals surface area contributed by atoms with E-state index in [1.54, 1.807) is 6.92 Å². The molecule has 144 valence electrons. The molecule has 27 heavy (non-hydrogen) atoms. The summed E-state index contributed by atoms with van der Waals surface area (Å²) in [5, 5.41) is 0. The maximum atomic E-state index is 12.8. The molecule has 5 nitrogen and oxygen atoms in total. The number of aryl methyl sites for hydroxylation is 1. The number of aromatic amines is 1. The smallest absolute Gasteiger partial charge is 0.355 e. The molecule has 5 heteroatoms. The third-order valence-corrected chi connectivity index (χ3v) is 5.17. The van der Waals surface area contributed by atoms with Crippen molar-refractivity contribution in [3.8, 4) is 0 Å². The van der Waals surface area contributed by atoms with Crippen LogP contribution in [0, 0.1) is 19.8 Å². The Bertz CT molecular complexity index is 806. The Balaban J connectivity index is 1.77. The molecule has 0 radical (unpaired) electrons. The molecule has 0 aliphatic heterocycles. The summed E-state index contributed by atoms with van der Waals surface area (Å²) in [7, 11) is 0.